The topological polar surface area (TPSA) is 73.5 Å². The Balaban J connectivity index is 1.76. The molecule has 1 fully saturated rings. The Bertz CT molecular complexity index is 782. The summed E-state index contributed by atoms with van der Waals surface area (Å²) in [5, 5.41) is 0. The van der Waals surface area contributed by atoms with E-state index in [2.05, 4.69) is 4.98 Å². The summed E-state index contributed by atoms with van der Waals surface area (Å²) < 4.78 is 0. The lowest BCUT2D eigenvalue weighted by atomic mass is 10.1. The molecule has 6 nitrogen and oxygen atoms in total. The average Bonchev–Trinajstić information content (AvgIpc) is 3.13. The first-order chi connectivity index (χ1) is 11.5. The van der Waals surface area contributed by atoms with Gasteiger partial charge < -0.3 is 9.88 Å². The van der Waals surface area contributed by atoms with Crippen molar-refractivity contribution in [2.24, 2.45) is 0 Å². The van der Waals surface area contributed by atoms with Gasteiger partial charge in [0.1, 0.15) is 6.04 Å². The van der Waals surface area contributed by atoms with Crippen LogP contribution in [0.5, 0.6) is 0 Å². The standard InChI is InChI=1S/C18H19N3O3/c1-12-14(8-9-19-12)17(23)20(2)15-10-16(22)21(18(15)24)11-13-6-4-3-5-7-13/h3-9,15,19H,10-11H2,1-2H3/t15-/m0/s1. The third-order valence-electron chi connectivity index (χ3n) is 4.38. The molecule has 0 saturated carbocycles. The van der Waals surface area contributed by atoms with Gasteiger partial charge in [-0.25, -0.2) is 0 Å². The normalized spacial score (nSPS) is 17.4. The quantitative estimate of drug-likeness (QED) is 0.870. The number of aromatic nitrogens is 1. The van der Waals surface area contributed by atoms with Crippen molar-refractivity contribution in [1.29, 1.82) is 0 Å². The number of nitrogens with one attached hydrogen (secondary N) is 1. The first-order valence-electron chi connectivity index (χ1n) is 7.78. The van der Waals surface area contributed by atoms with Gasteiger partial charge in [0.15, 0.2) is 0 Å². The largest absolute Gasteiger partial charge is 0.365 e. The Morgan fingerprint density at radius 2 is 1.96 bits per heavy atom. The van der Waals surface area contributed by atoms with Gasteiger partial charge in [0.2, 0.25) is 5.91 Å². The van der Waals surface area contributed by atoms with Crippen LogP contribution in [0.1, 0.15) is 28.0 Å². The zero-order chi connectivity index (χ0) is 17.3. The van der Waals surface area contributed by atoms with Crippen molar-refractivity contribution >= 4 is 17.7 Å². The molecule has 1 aromatic heterocycles. The number of nitrogens with zero attached hydrogens (tertiary/aromatic N) is 2. The number of amides is 3. The van der Waals surface area contributed by atoms with Crippen LogP contribution in [0, 0.1) is 6.92 Å². The van der Waals surface area contributed by atoms with E-state index in [9.17, 15) is 14.4 Å². The number of likely N-dealkylation sites (N-methyl/N-ethyl adjacent to an activating group) is 1. The SMILES string of the molecule is Cc1[nH]ccc1C(=O)N(C)[C@H]1CC(=O)N(Cc2ccccc2)C1=O. The molecule has 0 radical (unpaired) electrons. The number of carbonyl (C=O) groups is 3. The first kappa shape index (κ1) is 16.0. The van der Waals surface area contributed by atoms with Crippen LogP contribution in [0.15, 0.2) is 42.6 Å². The van der Waals surface area contributed by atoms with Gasteiger partial charge in [-0.1, -0.05) is 30.3 Å². The lowest BCUT2D eigenvalue weighted by Crippen LogP contribution is -2.43. The Morgan fingerprint density at radius 3 is 2.58 bits per heavy atom. The molecule has 1 aliphatic heterocycles. The van der Waals surface area contributed by atoms with Crippen molar-refractivity contribution in [2.45, 2.75) is 25.9 Å². The molecule has 2 heterocycles. The monoisotopic (exact) mass is 325 g/mol. The Morgan fingerprint density at radius 1 is 1.25 bits per heavy atom. The number of hydrogen-bond acceptors (Lipinski definition) is 3. The second-order valence-electron chi connectivity index (χ2n) is 5.96. The van der Waals surface area contributed by atoms with Crippen LogP contribution >= 0.6 is 0 Å². The Labute approximate surface area is 140 Å². The van der Waals surface area contributed by atoms with Crippen LogP contribution in [-0.4, -0.2) is 45.6 Å². The van der Waals surface area contributed by atoms with Crippen molar-refractivity contribution in [3.05, 3.63) is 59.4 Å². The smallest absolute Gasteiger partial charge is 0.256 e. The van der Waals surface area contributed by atoms with E-state index in [1.807, 2.05) is 30.3 Å². The van der Waals surface area contributed by atoms with Crippen molar-refractivity contribution in [2.75, 3.05) is 7.05 Å². The Hall–Kier alpha value is -2.89. The summed E-state index contributed by atoms with van der Waals surface area (Å²) in [7, 11) is 1.57. The molecule has 3 amide bonds. The highest BCUT2D eigenvalue weighted by Gasteiger charge is 2.42. The fourth-order valence-corrected chi connectivity index (χ4v) is 2.92. The molecule has 124 valence electrons. The molecule has 3 rings (SSSR count). The van der Waals surface area contributed by atoms with Gasteiger partial charge in [-0.15, -0.1) is 0 Å². The molecule has 24 heavy (non-hydrogen) atoms. The van der Waals surface area contributed by atoms with Crippen molar-refractivity contribution in [3.63, 3.8) is 0 Å². The van der Waals surface area contributed by atoms with E-state index in [1.54, 1.807) is 26.2 Å². The number of hydrogen-bond donors (Lipinski definition) is 1. The first-order valence-corrected chi connectivity index (χ1v) is 7.78. The van der Waals surface area contributed by atoms with E-state index >= 15 is 0 Å². The fraction of sp³-hybridized carbons (Fsp3) is 0.278. The van der Waals surface area contributed by atoms with E-state index in [4.69, 9.17) is 0 Å². The van der Waals surface area contributed by atoms with Gasteiger partial charge in [0.25, 0.3) is 11.8 Å². The van der Waals surface area contributed by atoms with Crippen molar-refractivity contribution in [1.82, 2.24) is 14.8 Å². The molecular formula is C18H19N3O3. The fourth-order valence-electron chi connectivity index (χ4n) is 2.92. The summed E-state index contributed by atoms with van der Waals surface area (Å²) in [5.74, 6) is -0.839. The molecule has 0 spiro atoms. The van der Waals surface area contributed by atoms with Gasteiger partial charge >= 0.3 is 0 Å². The van der Waals surface area contributed by atoms with Crippen LogP contribution in [0.25, 0.3) is 0 Å². The van der Waals surface area contributed by atoms with Gasteiger partial charge in [-0.05, 0) is 18.6 Å². The minimum Gasteiger partial charge on any atom is -0.365 e. The van der Waals surface area contributed by atoms with E-state index in [-0.39, 0.29) is 30.7 Å². The molecule has 0 unspecified atom stereocenters. The third-order valence-corrected chi connectivity index (χ3v) is 4.38. The molecule has 1 aliphatic rings. The summed E-state index contributed by atoms with van der Waals surface area (Å²) >= 11 is 0. The van der Waals surface area contributed by atoms with Gasteiger partial charge in [-0.3, -0.25) is 19.3 Å². The zero-order valence-electron chi connectivity index (χ0n) is 13.7. The maximum absolute atomic E-state index is 12.6. The number of likely N-dealkylation sites (tertiary alicyclic amines) is 1. The minimum atomic E-state index is -0.747. The summed E-state index contributed by atoms with van der Waals surface area (Å²) in [5.41, 5.74) is 2.14. The number of aromatic amines is 1. The molecule has 1 aromatic carbocycles. The van der Waals surface area contributed by atoms with E-state index in [0.717, 1.165) is 11.3 Å². The molecule has 6 heteroatoms. The third kappa shape index (κ3) is 2.82. The van der Waals surface area contributed by atoms with Gasteiger partial charge in [0.05, 0.1) is 18.5 Å². The summed E-state index contributed by atoms with van der Waals surface area (Å²) in [6.45, 7) is 2.03. The number of carbonyl (C=O) groups excluding carboxylic acids is 3. The number of H-pyrrole nitrogens is 1. The van der Waals surface area contributed by atoms with Gasteiger partial charge in [0, 0.05) is 18.9 Å². The van der Waals surface area contributed by atoms with E-state index < -0.39 is 6.04 Å². The lowest BCUT2D eigenvalue weighted by Gasteiger charge is -2.23. The van der Waals surface area contributed by atoms with Crippen LogP contribution in [0.3, 0.4) is 0 Å². The Kier molecular flexibility index (Phi) is 4.20. The predicted molar refractivity (Wildman–Crippen MR) is 88.0 cm³/mol. The van der Waals surface area contributed by atoms with Crippen LogP contribution in [-0.2, 0) is 16.1 Å². The van der Waals surface area contributed by atoms with Gasteiger partial charge in [-0.2, -0.15) is 0 Å². The lowest BCUT2D eigenvalue weighted by molar-refractivity contribution is -0.140. The number of rotatable bonds is 4. The summed E-state index contributed by atoms with van der Waals surface area (Å²) in [6.07, 6.45) is 1.71. The highest BCUT2D eigenvalue weighted by molar-refractivity contribution is 6.08. The van der Waals surface area contributed by atoms with Crippen LogP contribution < -0.4 is 0 Å². The van der Waals surface area contributed by atoms with E-state index in [0.29, 0.717) is 5.56 Å². The number of benzene rings is 1. The second-order valence-corrected chi connectivity index (χ2v) is 5.96. The van der Waals surface area contributed by atoms with Crippen LogP contribution in [0.4, 0.5) is 0 Å². The average molecular weight is 325 g/mol. The maximum Gasteiger partial charge on any atom is 0.256 e. The number of aryl methyl sites for hydroxylation is 1. The van der Waals surface area contributed by atoms with E-state index in [1.165, 1.54) is 9.80 Å². The van der Waals surface area contributed by atoms with Crippen molar-refractivity contribution in [3.8, 4) is 0 Å². The second kappa shape index (κ2) is 6.31. The van der Waals surface area contributed by atoms with Crippen molar-refractivity contribution < 1.29 is 14.4 Å². The molecule has 1 saturated heterocycles. The highest BCUT2D eigenvalue weighted by atomic mass is 16.2. The maximum atomic E-state index is 12.6. The molecule has 0 aliphatic carbocycles. The molecule has 1 N–H and O–H groups in total. The van der Waals surface area contributed by atoms with Crippen LogP contribution in [0.2, 0.25) is 0 Å². The highest BCUT2D eigenvalue weighted by Crippen LogP contribution is 2.22. The predicted octanol–water partition coefficient (Wildman–Crippen LogP) is 1.72. The molecule has 2 aromatic rings. The minimum absolute atomic E-state index is 0.0252. The summed E-state index contributed by atoms with van der Waals surface area (Å²) in [6, 6.07) is 10.3. The summed E-state index contributed by atoms with van der Waals surface area (Å²) in [4.78, 5) is 43.0. The zero-order valence-corrected chi connectivity index (χ0v) is 13.7. The molecule has 0 bridgehead atoms. The number of imide groups is 1. The molecular weight excluding hydrogens is 306 g/mol. The molecule has 1 atom stereocenters.